The molecule has 0 radical (unpaired) electrons. The van der Waals surface area contributed by atoms with Crippen molar-refractivity contribution in [1.29, 1.82) is 0 Å². The van der Waals surface area contributed by atoms with Gasteiger partial charge in [-0.25, -0.2) is 4.98 Å². The van der Waals surface area contributed by atoms with Crippen molar-refractivity contribution in [1.82, 2.24) is 9.36 Å². The van der Waals surface area contributed by atoms with Crippen molar-refractivity contribution >= 4 is 23.3 Å². The lowest BCUT2D eigenvalue weighted by Gasteiger charge is -2.11. The van der Waals surface area contributed by atoms with Crippen molar-refractivity contribution in [3.8, 4) is 0 Å². The summed E-state index contributed by atoms with van der Waals surface area (Å²) in [6.45, 7) is 6.35. The molecule has 2 aromatic rings. The third-order valence-corrected chi connectivity index (χ3v) is 5.19. The van der Waals surface area contributed by atoms with Crippen LogP contribution in [-0.4, -0.2) is 15.4 Å². The van der Waals surface area contributed by atoms with E-state index in [-0.39, 0.29) is 6.04 Å². The predicted molar refractivity (Wildman–Crippen MR) is 86.6 cm³/mol. The molecule has 0 aliphatic rings. The molecular formula is C15H21N3S2. The second-order valence-electron chi connectivity index (χ2n) is 4.90. The number of aryl methyl sites for hydroxylation is 2. The van der Waals surface area contributed by atoms with Crippen LogP contribution < -0.4 is 5.73 Å². The molecule has 0 fully saturated rings. The Hall–Kier alpha value is -0.910. The van der Waals surface area contributed by atoms with Crippen molar-refractivity contribution in [2.24, 2.45) is 5.73 Å². The van der Waals surface area contributed by atoms with E-state index in [9.17, 15) is 0 Å². The van der Waals surface area contributed by atoms with Crippen molar-refractivity contribution < 1.29 is 0 Å². The van der Waals surface area contributed by atoms with Gasteiger partial charge in [0.25, 0.3) is 0 Å². The maximum atomic E-state index is 6.01. The Labute approximate surface area is 129 Å². The molecule has 1 atom stereocenters. The minimum absolute atomic E-state index is 0.253. The van der Waals surface area contributed by atoms with Crippen LogP contribution in [0.25, 0.3) is 0 Å². The third kappa shape index (κ3) is 4.04. The van der Waals surface area contributed by atoms with Crippen molar-refractivity contribution in [3.05, 3.63) is 35.2 Å². The molecule has 2 N–H and O–H groups in total. The zero-order valence-electron chi connectivity index (χ0n) is 12.2. The lowest BCUT2D eigenvalue weighted by atomic mass is 10.0. The topological polar surface area (TPSA) is 51.8 Å². The molecular weight excluding hydrogens is 286 g/mol. The molecule has 1 heterocycles. The maximum Gasteiger partial charge on any atom is 0.174 e. The van der Waals surface area contributed by atoms with Crippen molar-refractivity contribution in [2.75, 3.05) is 0 Å². The maximum absolute atomic E-state index is 6.01. The van der Waals surface area contributed by atoms with Gasteiger partial charge in [-0.15, -0.1) is 0 Å². The van der Waals surface area contributed by atoms with Gasteiger partial charge in [0.15, 0.2) is 4.34 Å². The largest absolute Gasteiger partial charge is 0.327 e. The lowest BCUT2D eigenvalue weighted by Crippen LogP contribution is -2.21. The molecule has 0 amide bonds. The Morgan fingerprint density at radius 3 is 2.75 bits per heavy atom. The summed E-state index contributed by atoms with van der Waals surface area (Å²) in [4.78, 5) is 5.75. The number of hydrogen-bond acceptors (Lipinski definition) is 5. The monoisotopic (exact) mass is 307 g/mol. The van der Waals surface area contributed by atoms with Crippen molar-refractivity contribution in [2.45, 2.75) is 55.3 Å². The summed E-state index contributed by atoms with van der Waals surface area (Å²) in [5.41, 5.74) is 8.61. The first-order valence-electron chi connectivity index (χ1n) is 6.97. The Morgan fingerprint density at radius 2 is 2.15 bits per heavy atom. The highest BCUT2D eigenvalue weighted by molar-refractivity contribution is 8.01. The number of hydrogen-bond donors (Lipinski definition) is 1. The van der Waals surface area contributed by atoms with Crippen LogP contribution in [0.15, 0.2) is 27.4 Å². The van der Waals surface area contributed by atoms with Crippen LogP contribution in [0, 0.1) is 6.92 Å². The van der Waals surface area contributed by atoms with Crippen LogP contribution in [0.5, 0.6) is 0 Å². The fraction of sp³-hybridized carbons (Fsp3) is 0.467. The van der Waals surface area contributed by atoms with Crippen molar-refractivity contribution in [3.63, 3.8) is 0 Å². The first kappa shape index (κ1) is 15.5. The first-order valence-corrected chi connectivity index (χ1v) is 8.56. The van der Waals surface area contributed by atoms with Crippen LogP contribution >= 0.6 is 23.3 Å². The summed E-state index contributed by atoms with van der Waals surface area (Å²) in [6.07, 6.45) is 2.85. The minimum Gasteiger partial charge on any atom is -0.327 e. The molecule has 0 aliphatic carbocycles. The van der Waals surface area contributed by atoms with E-state index in [1.165, 1.54) is 27.6 Å². The number of nitrogens with two attached hydrogens (primary N) is 1. The van der Waals surface area contributed by atoms with E-state index in [2.05, 4.69) is 48.3 Å². The molecule has 2 rings (SSSR count). The molecule has 0 saturated carbocycles. The average molecular weight is 307 g/mol. The Balaban J connectivity index is 2.09. The average Bonchev–Trinajstić information content (AvgIpc) is 2.89. The lowest BCUT2D eigenvalue weighted by molar-refractivity contribution is 0.646. The smallest absolute Gasteiger partial charge is 0.174 e. The van der Waals surface area contributed by atoms with Gasteiger partial charge in [0.05, 0.1) is 0 Å². The zero-order chi connectivity index (χ0) is 14.5. The van der Waals surface area contributed by atoms with Crippen LogP contribution in [-0.2, 0) is 12.8 Å². The summed E-state index contributed by atoms with van der Waals surface area (Å²) in [5, 5.41) is 0. The normalized spacial score (nSPS) is 12.6. The van der Waals surface area contributed by atoms with Gasteiger partial charge in [0.1, 0.15) is 5.82 Å². The van der Waals surface area contributed by atoms with Gasteiger partial charge < -0.3 is 5.73 Å². The highest BCUT2D eigenvalue weighted by Gasteiger charge is 2.08. The SMILES string of the molecule is CCc1nsc(Sc2ccc(CC(N)CC)cc2C)n1. The second kappa shape index (κ2) is 7.20. The quantitative estimate of drug-likeness (QED) is 0.881. The summed E-state index contributed by atoms with van der Waals surface area (Å²) in [6, 6.07) is 6.83. The molecule has 108 valence electrons. The molecule has 1 unspecified atom stereocenters. The van der Waals surface area contributed by atoms with Gasteiger partial charge in [0.2, 0.25) is 0 Å². The fourth-order valence-corrected chi connectivity index (χ4v) is 3.64. The van der Waals surface area contributed by atoms with Gasteiger partial charge in [-0.2, -0.15) is 4.37 Å². The third-order valence-electron chi connectivity index (χ3n) is 3.22. The van der Waals surface area contributed by atoms with E-state index in [1.54, 1.807) is 11.8 Å². The van der Waals surface area contributed by atoms with E-state index < -0.39 is 0 Å². The van der Waals surface area contributed by atoms with Gasteiger partial charge >= 0.3 is 0 Å². The molecule has 3 nitrogen and oxygen atoms in total. The molecule has 0 aliphatic heterocycles. The van der Waals surface area contributed by atoms with E-state index in [4.69, 9.17) is 5.73 Å². The van der Waals surface area contributed by atoms with E-state index in [0.29, 0.717) is 0 Å². The first-order chi connectivity index (χ1) is 9.62. The van der Waals surface area contributed by atoms with Crippen LogP contribution in [0.2, 0.25) is 0 Å². The standard InChI is InChI=1S/C15H21N3S2/c1-4-12(16)9-11-6-7-13(10(3)8-11)19-15-17-14(5-2)18-20-15/h6-8,12H,4-5,9,16H2,1-3H3. The van der Waals surface area contributed by atoms with Crippen LogP contribution in [0.3, 0.4) is 0 Å². The summed E-state index contributed by atoms with van der Waals surface area (Å²) < 4.78 is 5.34. The predicted octanol–water partition coefficient (Wildman–Crippen LogP) is 3.84. The van der Waals surface area contributed by atoms with Crippen LogP contribution in [0.1, 0.15) is 37.2 Å². The summed E-state index contributed by atoms with van der Waals surface area (Å²) in [5.74, 6) is 0.931. The minimum atomic E-state index is 0.253. The van der Waals surface area contributed by atoms with Crippen LogP contribution in [0.4, 0.5) is 0 Å². The Morgan fingerprint density at radius 1 is 1.35 bits per heavy atom. The highest BCUT2D eigenvalue weighted by atomic mass is 32.2. The van der Waals surface area contributed by atoms with Gasteiger partial charge in [0, 0.05) is 17.4 Å². The second-order valence-corrected chi connectivity index (χ2v) is 6.95. The van der Waals surface area contributed by atoms with E-state index in [1.807, 2.05) is 0 Å². The number of nitrogens with zero attached hydrogens (tertiary/aromatic N) is 2. The summed E-state index contributed by atoms with van der Waals surface area (Å²) >= 11 is 3.18. The number of benzene rings is 1. The zero-order valence-corrected chi connectivity index (χ0v) is 13.9. The molecule has 0 bridgehead atoms. The fourth-order valence-electron chi connectivity index (χ4n) is 1.92. The van der Waals surface area contributed by atoms with E-state index >= 15 is 0 Å². The van der Waals surface area contributed by atoms with E-state index in [0.717, 1.165) is 29.4 Å². The molecule has 20 heavy (non-hydrogen) atoms. The van der Waals surface area contributed by atoms with Gasteiger partial charge in [-0.05, 0) is 48.5 Å². The molecule has 5 heteroatoms. The van der Waals surface area contributed by atoms with Gasteiger partial charge in [-0.3, -0.25) is 0 Å². The molecule has 1 aromatic carbocycles. The number of aromatic nitrogens is 2. The highest BCUT2D eigenvalue weighted by Crippen LogP contribution is 2.32. The van der Waals surface area contributed by atoms with Gasteiger partial charge in [-0.1, -0.05) is 37.7 Å². The number of rotatable bonds is 6. The Kier molecular flexibility index (Phi) is 5.57. The molecule has 0 spiro atoms. The Bertz CT molecular complexity index is 566. The molecule has 1 aromatic heterocycles. The molecule has 0 saturated heterocycles. The summed E-state index contributed by atoms with van der Waals surface area (Å²) in [7, 11) is 0.